The summed E-state index contributed by atoms with van der Waals surface area (Å²) in [6.07, 6.45) is 7.92. The monoisotopic (exact) mass is 349 g/mol. The van der Waals surface area contributed by atoms with Crippen molar-refractivity contribution in [1.29, 1.82) is 5.26 Å². The molecule has 4 aromatic rings. The molecule has 0 radical (unpaired) electrons. The van der Waals surface area contributed by atoms with E-state index in [0.717, 1.165) is 34.0 Å². The normalized spacial score (nSPS) is 11.3. The summed E-state index contributed by atoms with van der Waals surface area (Å²) in [7, 11) is 0. The molecule has 0 atom stereocenters. The number of aldehydes is 1. The highest BCUT2D eigenvalue weighted by Crippen LogP contribution is 2.25. The zero-order valence-electron chi connectivity index (χ0n) is 14.4. The Morgan fingerprint density at radius 3 is 2.56 bits per heavy atom. The Bertz CT molecular complexity index is 1180. The number of pyridine rings is 1. The molecule has 0 saturated carbocycles. The predicted molar refractivity (Wildman–Crippen MR) is 106 cm³/mol. The van der Waals surface area contributed by atoms with Gasteiger partial charge >= 0.3 is 0 Å². The van der Waals surface area contributed by atoms with Gasteiger partial charge in [0, 0.05) is 40.8 Å². The zero-order chi connectivity index (χ0) is 18.6. The lowest BCUT2D eigenvalue weighted by atomic mass is 10.1. The van der Waals surface area contributed by atoms with Crippen LogP contribution < -0.4 is 0 Å². The summed E-state index contributed by atoms with van der Waals surface area (Å²) in [6.45, 7) is 0. The van der Waals surface area contributed by atoms with Crippen LogP contribution in [-0.4, -0.2) is 15.8 Å². The number of para-hydroxylation sites is 1. The first-order valence-corrected chi connectivity index (χ1v) is 8.48. The zero-order valence-corrected chi connectivity index (χ0v) is 14.4. The summed E-state index contributed by atoms with van der Waals surface area (Å²) in [4.78, 5) is 15.4. The molecule has 0 bridgehead atoms. The Hall–Kier alpha value is -3.97. The van der Waals surface area contributed by atoms with E-state index in [4.69, 9.17) is 0 Å². The van der Waals surface area contributed by atoms with Gasteiger partial charge in [0.25, 0.3) is 0 Å². The largest absolute Gasteiger partial charge is 0.316 e. The van der Waals surface area contributed by atoms with Crippen LogP contribution in [0.5, 0.6) is 0 Å². The molecule has 0 N–H and O–H groups in total. The molecule has 0 spiro atoms. The summed E-state index contributed by atoms with van der Waals surface area (Å²) in [5, 5.41) is 10.4. The molecule has 0 fully saturated rings. The minimum atomic E-state index is 0.561. The molecule has 0 unspecified atom stereocenters. The summed E-state index contributed by atoms with van der Waals surface area (Å²) < 4.78 is 2.00. The van der Waals surface area contributed by atoms with E-state index in [-0.39, 0.29) is 0 Å². The third-order valence-corrected chi connectivity index (χ3v) is 4.44. The van der Waals surface area contributed by atoms with Crippen molar-refractivity contribution in [3.63, 3.8) is 0 Å². The molecule has 0 aliphatic carbocycles. The number of nitriles is 1. The van der Waals surface area contributed by atoms with Gasteiger partial charge in [-0.2, -0.15) is 5.26 Å². The van der Waals surface area contributed by atoms with Gasteiger partial charge < -0.3 is 4.57 Å². The minimum absolute atomic E-state index is 0.561. The van der Waals surface area contributed by atoms with Gasteiger partial charge in [0.1, 0.15) is 0 Å². The Morgan fingerprint density at radius 1 is 1.04 bits per heavy atom. The van der Waals surface area contributed by atoms with Crippen LogP contribution in [0.1, 0.15) is 21.5 Å². The van der Waals surface area contributed by atoms with Crippen molar-refractivity contribution >= 4 is 28.8 Å². The highest BCUT2D eigenvalue weighted by molar-refractivity contribution is 5.98. The quantitative estimate of drug-likeness (QED) is 0.389. The van der Waals surface area contributed by atoms with Crippen LogP contribution >= 0.6 is 0 Å². The first-order valence-electron chi connectivity index (χ1n) is 8.48. The number of hydrogen-bond acceptors (Lipinski definition) is 3. The number of rotatable bonds is 4. The number of carbonyl (C=O) groups is 1. The fraction of sp³-hybridized carbons (Fsp3) is 0. The summed E-state index contributed by atoms with van der Waals surface area (Å²) in [5.41, 5.74) is 4.87. The van der Waals surface area contributed by atoms with E-state index in [9.17, 15) is 10.1 Å². The Labute approximate surface area is 156 Å². The Balaban J connectivity index is 1.72. The van der Waals surface area contributed by atoms with E-state index in [1.165, 1.54) is 0 Å². The van der Waals surface area contributed by atoms with Gasteiger partial charge in [-0.05, 0) is 35.9 Å². The molecule has 0 saturated heterocycles. The number of benzene rings is 2. The Kier molecular flexibility index (Phi) is 4.34. The maximum absolute atomic E-state index is 11.4. The lowest BCUT2D eigenvalue weighted by molar-refractivity contribution is 0.112. The average Bonchev–Trinajstić information content (AvgIpc) is 3.12. The molecule has 2 aromatic heterocycles. The number of carbonyl (C=O) groups excluding carboxylic acids is 1. The lowest BCUT2D eigenvalue weighted by Crippen LogP contribution is -1.91. The lowest BCUT2D eigenvalue weighted by Gasteiger charge is -2.06. The molecule has 4 nitrogen and oxygen atoms in total. The van der Waals surface area contributed by atoms with E-state index in [0.29, 0.717) is 11.1 Å². The first-order chi connectivity index (χ1) is 13.3. The standard InChI is InChI=1S/C23H15N3O/c24-13-19(18-4-3-11-25-14-18)12-17-7-9-21(10-8-17)26-15-20(16-27)22-5-1-2-6-23(22)26/h1-12,14-16H. The van der Waals surface area contributed by atoms with Crippen LogP contribution in [0.15, 0.2) is 79.3 Å². The van der Waals surface area contributed by atoms with E-state index >= 15 is 0 Å². The number of fused-ring (bicyclic) bond motifs is 1. The van der Waals surface area contributed by atoms with Gasteiger partial charge in [-0.3, -0.25) is 9.78 Å². The van der Waals surface area contributed by atoms with E-state index < -0.39 is 0 Å². The molecule has 0 amide bonds. The highest BCUT2D eigenvalue weighted by atomic mass is 16.1. The molecule has 128 valence electrons. The second-order valence-electron chi connectivity index (χ2n) is 6.09. The van der Waals surface area contributed by atoms with Crippen molar-refractivity contribution in [1.82, 2.24) is 9.55 Å². The van der Waals surface area contributed by atoms with Crippen LogP contribution in [-0.2, 0) is 0 Å². The molecule has 2 aromatic carbocycles. The van der Waals surface area contributed by atoms with Crippen molar-refractivity contribution in [3.05, 3.63) is 95.9 Å². The van der Waals surface area contributed by atoms with E-state index in [2.05, 4.69) is 11.1 Å². The SMILES string of the molecule is N#CC(=Cc1ccc(-n2cc(C=O)c3ccccc32)cc1)c1cccnc1. The molecule has 4 heteroatoms. The molecular formula is C23H15N3O. The molecule has 2 heterocycles. The maximum Gasteiger partial charge on any atom is 0.152 e. The molecule has 4 rings (SSSR count). The highest BCUT2D eigenvalue weighted by Gasteiger charge is 2.08. The fourth-order valence-electron chi connectivity index (χ4n) is 3.11. The minimum Gasteiger partial charge on any atom is -0.316 e. The van der Waals surface area contributed by atoms with Gasteiger partial charge in [0.05, 0.1) is 17.2 Å². The summed E-state index contributed by atoms with van der Waals surface area (Å²) >= 11 is 0. The molecule has 0 aliphatic heterocycles. The molecular weight excluding hydrogens is 334 g/mol. The van der Waals surface area contributed by atoms with E-state index in [1.807, 2.05) is 77.5 Å². The third-order valence-electron chi connectivity index (χ3n) is 4.44. The van der Waals surface area contributed by atoms with Gasteiger partial charge in [0.2, 0.25) is 0 Å². The second kappa shape index (κ2) is 7.11. The number of aromatic nitrogens is 2. The van der Waals surface area contributed by atoms with Crippen LogP contribution in [0.2, 0.25) is 0 Å². The average molecular weight is 349 g/mol. The van der Waals surface area contributed by atoms with Gasteiger partial charge in [0.15, 0.2) is 6.29 Å². The summed E-state index contributed by atoms with van der Waals surface area (Å²) in [5.74, 6) is 0. The van der Waals surface area contributed by atoms with Crippen molar-refractivity contribution in [2.45, 2.75) is 0 Å². The Morgan fingerprint density at radius 2 is 1.85 bits per heavy atom. The van der Waals surface area contributed by atoms with Gasteiger partial charge in [-0.1, -0.05) is 36.4 Å². The third kappa shape index (κ3) is 3.14. The second-order valence-corrected chi connectivity index (χ2v) is 6.09. The van der Waals surface area contributed by atoms with Crippen molar-refractivity contribution < 1.29 is 4.79 Å². The van der Waals surface area contributed by atoms with Crippen molar-refractivity contribution in [3.8, 4) is 11.8 Å². The first kappa shape index (κ1) is 16.5. The maximum atomic E-state index is 11.4. The molecule has 0 aliphatic rings. The van der Waals surface area contributed by atoms with Gasteiger partial charge in [-0.15, -0.1) is 0 Å². The summed E-state index contributed by atoms with van der Waals surface area (Å²) in [6, 6.07) is 21.6. The predicted octanol–water partition coefficient (Wildman–Crippen LogP) is 4.90. The van der Waals surface area contributed by atoms with Crippen LogP contribution in [0.3, 0.4) is 0 Å². The van der Waals surface area contributed by atoms with Crippen molar-refractivity contribution in [2.24, 2.45) is 0 Å². The van der Waals surface area contributed by atoms with Crippen LogP contribution in [0.4, 0.5) is 0 Å². The van der Waals surface area contributed by atoms with Crippen molar-refractivity contribution in [2.75, 3.05) is 0 Å². The molecule has 27 heavy (non-hydrogen) atoms. The van der Waals surface area contributed by atoms with Crippen LogP contribution in [0, 0.1) is 11.3 Å². The topological polar surface area (TPSA) is 58.7 Å². The van der Waals surface area contributed by atoms with Gasteiger partial charge in [-0.25, -0.2) is 0 Å². The fourth-order valence-corrected chi connectivity index (χ4v) is 3.11. The number of hydrogen-bond donors (Lipinski definition) is 0. The van der Waals surface area contributed by atoms with Crippen LogP contribution in [0.25, 0.3) is 28.2 Å². The number of allylic oxidation sites excluding steroid dienone is 1. The number of nitrogens with zero attached hydrogens (tertiary/aromatic N) is 3. The smallest absolute Gasteiger partial charge is 0.152 e. The van der Waals surface area contributed by atoms with E-state index in [1.54, 1.807) is 12.4 Å².